The van der Waals surface area contributed by atoms with Gasteiger partial charge in [-0.1, -0.05) is 164 Å². The highest BCUT2D eigenvalue weighted by atomic mass is 16.3. The van der Waals surface area contributed by atoms with Crippen molar-refractivity contribution in [3.05, 3.63) is 210 Å². The number of rotatable bonds is 4. The van der Waals surface area contributed by atoms with E-state index in [1.165, 1.54) is 44.5 Å². The van der Waals surface area contributed by atoms with Gasteiger partial charge in [-0.15, -0.1) is 0 Å². The van der Waals surface area contributed by atoms with Crippen LogP contribution in [0.2, 0.25) is 0 Å². The zero-order valence-electron chi connectivity index (χ0n) is 30.1. The first-order valence-corrected chi connectivity index (χ1v) is 19.0. The molecule has 0 fully saturated rings. The molecule has 12 rings (SSSR count). The van der Waals surface area contributed by atoms with Crippen LogP contribution in [0.15, 0.2) is 192 Å². The summed E-state index contributed by atoms with van der Waals surface area (Å²) in [6.45, 7) is 0. The van der Waals surface area contributed by atoms with Gasteiger partial charge in [-0.2, -0.15) is 0 Å². The van der Waals surface area contributed by atoms with Crippen molar-refractivity contribution in [1.29, 1.82) is 0 Å². The Morgan fingerprint density at radius 2 is 0.804 bits per heavy atom. The van der Waals surface area contributed by atoms with Gasteiger partial charge in [0.15, 0.2) is 17.5 Å². The predicted molar refractivity (Wildman–Crippen MR) is 225 cm³/mol. The molecule has 10 aromatic rings. The lowest BCUT2D eigenvalue weighted by Crippen LogP contribution is -2.25. The fourth-order valence-corrected chi connectivity index (χ4v) is 9.36. The standard InChI is InChI=1S/C52H31N3O/c1-3-14-32(15-4-1)49-53-50(33-16-5-2-6-17-33)55-51(54-49)35-27-29-47-42(30-35)41-22-13-21-36(48(41)56-47)34-26-28-40-39-20-9-12-25-45(39)52(46(40)31-34)43-23-10-7-18-37(43)38-19-8-11-24-44(38)52/h1-31H. The van der Waals surface area contributed by atoms with E-state index in [9.17, 15) is 0 Å². The van der Waals surface area contributed by atoms with Gasteiger partial charge in [-0.25, -0.2) is 15.0 Å². The molecule has 2 aromatic heterocycles. The van der Waals surface area contributed by atoms with E-state index in [0.717, 1.165) is 49.8 Å². The molecule has 2 heterocycles. The zero-order valence-corrected chi connectivity index (χ0v) is 30.1. The topological polar surface area (TPSA) is 51.8 Å². The highest BCUT2D eigenvalue weighted by molar-refractivity contribution is 6.11. The van der Waals surface area contributed by atoms with Crippen molar-refractivity contribution in [1.82, 2.24) is 15.0 Å². The highest BCUT2D eigenvalue weighted by Gasteiger charge is 2.51. The lowest BCUT2D eigenvalue weighted by molar-refractivity contribution is 0.670. The van der Waals surface area contributed by atoms with E-state index in [-0.39, 0.29) is 0 Å². The largest absolute Gasteiger partial charge is 0.455 e. The van der Waals surface area contributed by atoms with Crippen LogP contribution in [0.4, 0.5) is 0 Å². The van der Waals surface area contributed by atoms with E-state index in [0.29, 0.717) is 17.5 Å². The summed E-state index contributed by atoms with van der Waals surface area (Å²) >= 11 is 0. The summed E-state index contributed by atoms with van der Waals surface area (Å²) in [6, 6.07) is 66.7. The first-order valence-electron chi connectivity index (χ1n) is 19.0. The average Bonchev–Trinajstić information content (AvgIpc) is 3.90. The number of aromatic nitrogens is 3. The van der Waals surface area contributed by atoms with Crippen LogP contribution in [-0.2, 0) is 5.41 Å². The molecule has 56 heavy (non-hydrogen) atoms. The molecule has 0 N–H and O–H groups in total. The monoisotopic (exact) mass is 713 g/mol. The van der Waals surface area contributed by atoms with Crippen molar-refractivity contribution in [3.63, 3.8) is 0 Å². The molecule has 2 aliphatic rings. The van der Waals surface area contributed by atoms with Crippen LogP contribution in [0.1, 0.15) is 22.3 Å². The van der Waals surface area contributed by atoms with Gasteiger partial charge in [0.1, 0.15) is 11.2 Å². The molecule has 0 bridgehead atoms. The van der Waals surface area contributed by atoms with Gasteiger partial charge in [0.25, 0.3) is 0 Å². The molecule has 260 valence electrons. The molecule has 4 heteroatoms. The quantitative estimate of drug-likeness (QED) is 0.182. The van der Waals surface area contributed by atoms with E-state index < -0.39 is 5.41 Å². The number of hydrogen-bond donors (Lipinski definition) is 0. The van der Waals surface area contributed by atoms with Crippen molar-refractivity contribution >= 4 is 21.9 Å². The number of furan rings is 1. The normalized spacial score (nSPS) is 13.1. The lowest BCUT2D eigenvalue weighted by atomic mass is 9.70. The second-order valence-corrected chi connectivity index (χ2v) is 14.7. The summed E-state index contributed by atoms with van der Waals surface area (Å²) in [4.78, 5) is 14.9. The Balaban J connectivity index is 1.03. The van der Waals surface area contributed by atoms with E-state index in [4.69, 9.17) is 19.4 Å². The highest BCUT2D eigenvalue weighted by Crippen LogP contribution is 2.63. The predicted octanol–water partition coefficient (Wildman–Crippen LogP) is 12.8. The van der Waals surface area contributed by atoms with Crippen LogP contribution < -0.4 is 0 Å². The SMILES string of the molecule is c1ccc(-c2nc(-c3ccccc3)nc(-c3ccc4oc5c(-c6ccc7c(c6)C6(c8ccccc8-c8ccccc86)c6ccccc6-7)cccc5c4c3)n2)cc1. The third-order valence-electron chi connectivity index (χ3n) is 11.8. The molecular weight excluding hydrogens is 683 g/mol. The van der Waals surface area contributed by atoms with Crippen LogP contribution >= 0.6 is 0 Å². The van der Waals surface area contributed by atoms with E-state index >= 15 is 0 Å². The number of para-hydroxylation sites is 1. The summed E-state index contributed by atoms with van der Waals surface area (Å²) in [7, 11) is 0. The van der Waals surface area contributed by atoms with E-state index in [1.807, 2.05) is 66.7 Å². The maximum atomic E-state index is 6.77. The molecule has 1 spiro atoms. The summed E-state index contributed by atoms with van der Waals surface area (Å²) in [6.07, 6.45) is 0. The van der Waals surface area contributed by atoms with E-state index in [2.05, 4.69) is 121 Å². The van der Waals surface area contributed by atoms with Crippen molar-refractivity contribution < 1.29 is 4.42 Å². The summed E-state index contributed by atoms with van der Waals surface area (Å²) < 4.78 is 6.77. The third kappa shape index (κ3) is 4.32. The minimum absolute atomic E-state index is 0.409. The van der Waals surface area contributed by atoms with Gasteiger partial charge < -0.3 is 4.42 Å². The molecule has 0 aliphatic heterocycles. The Kier molecular flexibility index (Phi) is 6.52. The zero-order chi connectivity index (χ0) is 36.8. The third-order valence-corrected chi connectivity index (χ3v) is 11.8. The summed E-state index contributed by atoms with van der Waals surface area (Å²) in [5.74, 6) is 1.89. The maximum Gasteiger partial charge on any atom is 0.164 e. The van der Waals surface area contributed by atoms with Gasteiger partial charge in [-0.3, -0.25) is 0 Å². The summed E-state index contributed by atoms with van der Waals surface area (Å²) in [5.41, 5.74) is 16.7. The molecule has 0 unspecified atom stereocenters. The van der Waals surface area contributed by atoms with Crippen molar-refractivity contribution in [3.8, 4) is 67.5 Å². The van der Waals surface area contributed by atoms with Gasteiger partial charge >= 0.3 is 0 Å². The molecule has 8 aromatic carbocycles. The Labute approximate surface area is 323 Å². The number of benzene rings is 8. The fourth-order valence-electron chi connectivity index (χ4n) is 9.36. The molecule has 0 saturated carbocycles. The van der Waals surface area contributed by atoms with E-state index in [1.54, 1.807) is 0 Å². The minimum Gasteiger partial charge on any atom is -0.455 e. The summed E-state index contributed by atoms with van der Waals surface area (Å²) in [5, 5.41) is 2.07. The second kappa shape index (κ2) is 11.8. The fraction of sp³-hybridized carbons (Fsp3) is 0.0192. The van der Waals surface area contributed by atoms with Crippen molar-refractivity contribution in [2.24, 2.45) is 0 Å². The van der Waals surface area contributed by atoms with Gasteiger partial charge in [0, 0.05) is 33.0 Å². The first kappa shape index (κ1) is 31.0. The second-order valence-electron chi connectivity index (χ2n) is 14.7. The van der Waals surface area contributed by atoms with Crippen molar-refractivity contribution in [2.75, 3.05) is 0 Å². The van der Waals surface area contributed by atoms with Crippen LogP contribution in [0.3, 0.4) is 0 Å². The van der Waals surface area contributed by atoms with Gasteiger partial charge in [-0.05, 0) is 74.3 Å². The molecule has 0 amide bonds. The molecule has 0 saturated heterocycles. The lowest BCUT2D eigenvalue weighted by Gasteiger charge is -2.30. The maximum absolute atomic E-state index is 6.77. The number of fused-ring (bicyclic) bond motifs is 13. The molecule has 2 aliphatic carbocycles. The van der Waals surface area contributed by atoms with Gasteiger partial charge in [0.05, 0.1) is 5.41 Å². The van der Waals surface area contributed by atoms with Crippen LogP contribution in [0, 0.1) is 0 Å². The number of nitrogens with zero attached hydrogens (tertiary/aromatic N) is 3. The Morgan fingerprint density at radius 3 is 1.39 bits per heavy atom. The molecular formula is C52H31N3O. The van der Waals surface area contributed by atoms with Crippen molar-refractivity contribution in [2.45, 2.75) is 5.41 Å². The molecule has 0 atom stereocenters. The van der Waals surface area contributed by atoms with Crippen LogP contribution in [0.5, 0.6) is 0 Å². The van der Waals surface area contributed by atoms with Crippen LogP contribution in [-0.4, -0.2) is 15.0 Å². The first-order chi connectivity index (χ1) is 27.8. The Morgan fingerprint density at radius 1 is 0.321 bits per heavy atom. The average molecular weight is 714 g/mol. The molecule has 0 radical (unpaired) electrons. The molecule has 4 nitrogen and oxygen atoms in total. The number of hydrogen-bond acceptors (Lipinski definition) is 4. The minimum atomic E-state index is -0.409. The Bertz CT molecular complexity index is 3080. The smallest absolute Gasteiger partial charge is 0.164 e. The Hall–Kier alpha value is -7.43. The van der Waals surface area contributed by atoms with Crippen LogP contribution in [0.25, 0.3) is 89.5 Å². The van der Waals surface area contributed by atoms with Gasteiger partial charge in [0.2, 0.25) is 0 Å².